The van der Waals surface area contributed by atoms with E-state index in [1.807, 2.05) is 0 Å². The molecule has 362 valence electrons. The average molecular weight is 943 g/mol. The van der Waals surface area contributed by atoms with Crippen LogP contribution in [0.5, 0.6) is 0 Å². The molecule has 0 fully saturated rings. The summed E-state index contributed by atoms with van der Waals surface area (Å²) in [5.74, 6) is 0. The van der Waals surface area contributed by atoms with E-state index in [1.54, 1.807) is 0 Å². The molecule has 72 heavy (non-hydrogen) atoms. The van der Waals surface area contributed by atoms with Crippen molar-refractivity contribution in [3.63, 3.8) is 0 Å². The van der Waals surface area contributed by atoms with Gasteiger partial charge >= 0.3 is 0 Å². The summed E-state index contributed by atoms with van der Waals surface area (Å²) in [7, 11) is 0. The number of furan rings is 1. The predicted molar refractivity (Wildman–Crippen MR) is 310 cm³/mol. The Morgan fingerprint density at radius 2 is 0.625 bits per heavy atom. The summed E-state index contributed by atoms with van der Waals surface area (Å²) in [5.41, 5.74) is 19.2. The van der Waals surface area contributed by atoms with Gasteiger partial charge in [0.2, 0.25) is 0 Å². The van der Waals surface area contributed by atoms with Crippen molar-refractivity contribution in [2.24, 2.45) is 0 Å². The predicted octanol–water partition coefficient (Wildman–Crippen LogP) is 20.3. The second kappa shape index (κ2) is 16.5. The van der Waals surface area contributed by atoms with Crippen LogP contribution in [0.25, 0.3) is 54.6 Å². The van der Waals surface area contributed by atoms with Crippen molar-refractivity contribution in [3.8, 4) is 11.1 Å². The van der Waals surface area contributed by atoms with E-state index in [0.717, 1.165) is 61.4 Å². The Bertz CT molecular complexity index is 3590. The second-order valence-corrected chi connectivity index (χ2v) is 25.3. The second-order valence-electron chi connectivity index (χ2n) is 25.3. The van der Waals surface area contributed by atoms with E-state index in [-0.39, 0.29) is 27.1 Å². The van der Waals surface area contributed by atoms with Crippen LogP contribution in [0.1, 0.15) is 130 Å². The maximum Gasteiger partial charge on any atom is 0.136 e. The number of fused-ring (bicyclic) bond motifs is 8. The van der Waals surface area contributed by atoms with Crippen molar-refractivity contribution >= 4 is 77.6 Å². The van der Waals surface area contributed by atoms with E-state index in [1.165, 1.54) is 60.7 Å². The Labute approximate surface area is 428 Å². The molecule has 0 saturated carbocycles. The molecule has 0 unspecified atom stereocenters. The van der Waals surface area contributed by atoms with Gasteiger partial charge in [-0.2, -0.15) is 0 Å². The molecule has 0 atom stereocenters. The zero-order chi connectivity index (χ0) is 50.9. The molecule has 1 aliphatic rings. The molecule has 1 heterocycles. The van der Waals surface area contributed by atoms with Crippen LogP contribution in [0, 0.1) is 0 Å². The van der Waals surface area contributed by atoms with Crippen LogP contribution in [0.3, 0.4) is 0 Å². The summed E-state index contributed by atoms with van der Waals surface area (Å²) in [4.78, 5) is 4.78. The van der Waals surface area contributed by atoms with Gasteiger partial charge in [0.1, 0.15) is 11.2 Å². The lowest BCUT2D eigenvalue weighted by atomic mass is 9.81. The Hall–Kier alpha value is -7.10. The molecule has 0 bridgehead atoms. The molecule has 0 N–H and O–H groups in total. The van der Waals surface area contributed by atoms with Crippen LogP contribution < -0.4 is 9.80 Å². The standard InChI is InChI=1S/C69H70N2O/c1-65(2,3)47-17-27-51(28-18-47)70(52-29-19-48(20-30-52)66(4,5)6)55-25-15-43-37-57-58-41-60-59-38-44-16-26-56(36-46(44)40-63(59)72-64(60)42-62(58)69(13,14)61(57)39-45(43)35-55)71(53-31-21-49(22-32-53)67(7,8)9)54-33-23-50(24-34-54)68(10,11)12/h15-42H,1-14H3. The van der Waals surface area contributed by atoms with Crippen LogP contribution in [-0.2, 0) is 27.1 Å². The minimum atomic E-state index is -0.230. The number of hydrogen-bond acceptors (Lipinski definition) is 3. The molecule has 0 amide bonds. The van der Waals surface area contributed by atoms with Gasteiger partial charge in [0.15, 0.2) is 0 Å². The van der Waals surface area contributed by atoms with Crippen molar-refractivity contribution in [2.75, 3.05) is 9.80 Å². The molecule has 11 rings (SSSR count). The molecule has 10 aromatic rings. The third kappa shape index (κ3) is 8.25. The van der Waals surface area contributed by atoms with Crippen LogP contribution >= 0.6 is 0 Å². The lowest BCUT2D eigenvalue weighted by molar-refractivity contribution is 0.590. The van der Waals surface area contributed by atoms with Gasteiger partial charge in [-0.3, -0.25) is 0 Å². The van der Waals surface area contributed by atoms with E-state index >= 15 is 0 Å². The van der Waals surface area contributed by atoms with Crippen LogP contribution in [0.4, 0.5) is 34.1 Å². The first-order chi connectivity index (χ1) is 33.9. The van der Waals surface area contributed by atoms with Crippen molar-refractivity contribution in [3.05, 3.63) is 203 Å². The lowest BCUT2D eigenvalue weighted by Crippen LogP contribution is -2.15. The number of hydrogen-bond donors (Lipinski definition) is 0. The third-order valence-electron chi connectivity index (χ3n) is 15.6. The molecule has 3 heteroatoms. The Morgan fingerprint density at radius 1 is 0.306 bits per heavy atom. The van der Waals surface area contributed by atoms with Gasteiger partial charge in [0.05, 0.1) is 0 Å². The monoisotopic (exact) mass is 943 g/mol. The highest BCUT2D eigenvalue weighted by Gasteiger charge is 2.37. The smallest absolute Gasteiger partial charge is 0.136 e. The summed E-state index contributed by atoms with van der Waals surface area (Å²) in [6.45, 7) is 32.0. The van der Waals surface area contributed by atoms with Gasteiger partial charge < -0.3 is 14.2 Å². The highest BCUT2D eigenvalue weighted by atomic mass is 16.3. The molecule has 1 aliphatic carbocycles. The van der Waals surface area contributed by atoms with E-state index < -0.39 is 0 Å². The first-order valence-corrected chi connectivity index (χ1v) is 26.0. The highest BCUT2D eigenvalue weighted by Crippen LogP contribution is 2.53. The number of nitrogens with zero attached hydrogens (tertiary/aromatic N) is 2. The minimum absolute atomic E-state index is 0.0702. The highest BCUT2D eigenvalue weighted by molar-refractivity contribution is 6.12. The molecule has 1 aromatic heterocycles. The van der Waals surface area contributed by atoms with Gasteiger partial charge in [-0.15, -0.1) is 0 Å². The summed E-state index contributed by atoms with van der Waals surface area (Å²) in [5, 5.41) is 7.09. The summed E-state index contributed by atoms with van der Waals surface area (Å²) in [6, 6.07) is 64.4. The third-order valence-corrected chi connectivity index (χ3v) is 15.6. The minimum Gasteiger partial charge on any atom is -0.456 e. The van der Waals surface area contributed by atoms with E-state index in [4.69, 9.17) is 4.42 Å². The van der Waals surface area contributed by atoms with E-state index in [0.29, 0.717) is 0 Å². The molecule has 0 spiro atoms. The zero-order valence-electron chi connectivity index (χ0n) is 45.0. The first kappa shape index (κ1) is 47.2. The maximum atomic E-state index is 6.87. The van der Waals surface area contributed by atoms with E-state index in [9.17, 15) is 0 Å². The molecule has 0 saturated heterocycles. The molecule has 9 aromatic carbocycles. The molecule has 0 radical (unpaired) electrons. The maximum absolute atomic E-state index is 6.87. The fourth-order valence-electron chi connectivity index (χ4n) is 11.1. The Kier molecular flexibility index (Phi) is 10.8. The summed E-state index contributed by atoms with van der Waals surface area (Å²) >= 11 is 0. The van der Waals surface area contributed by atoms with Gasteiger partial charge in [-0.1, -0.05) is 158 Å². The normalized spacial score (nSPS) is 13.8. The van der Waals surface area contributed by atoms with Gasteiger partial charge in [0.25, 0.3) is 0 Å². The number of anilines is 6. The van der Waals surface area contributed by atoms with Crippen molar-refractivity contribution in [1.29, 1.82) is 0 Å². The molecular formula is C69H70N2O. The first-order valence-electron chi connectivity index (χ1n) is 26.0. The summed E-state index contributed by atoms with van der Waals surface area (Å²) in [6.07, 6.45) is 0. The van der Waals surface area contributed by atoms with Crippen molar-refractivity contribution < 1.29 is 4.42 Å². The number of rotatable bonds is 6. The molecular weight excluding hydrogens is 873 g/mol. The van der Waals surface area contributed by atoms with Gasteiger partial charge in [0, 0.05) is 50.3 Å². The van der Waals surface area contributed by atoms with Crippen LogP contribution in [0.15, 0.2) is 174 Å². The van der Waals surface area contributed by atoms with Crippen molar-refractivity contribution in [1.82, 2.24) is 0 Å². The summed E-state index contributed by atoms with van der Waals surface area (Å²) < 4.78 is 6.87. The Balaban J connectivity index is 0.978. The number of benzene rings is 9. The fourth-order valence-corrected chi connectivity index (χ4v) is 11.1. The average Bonchev–Trinajstić information content (AvgIpc) is 3.78. The van der Waals surface area contributed by atoms with E-state index in [2.05, 4.69) is 277 Å². The largest absolute Gasteiger partial charge is 0.456 e. The molecule has 3 nitrogen and oxygen atoms in total. The SMILES string of the molecule is CC(C)(C)c1ccc(N(c2ccc(C(C)(C)C)cc2)c2ccc3cc4c(cc3c2)C(C)(C)c2cc3oc5cc6cc(N(c7ccc(C(C)(C)C)cc7)c7ccc(C(C)(C)C)cc7)ccc6cc5c3cc2-4)cc1. The van der Waals surface area contributed by atoms with Crippen LogP contribution in [-0.4, -0.2) is 0 Å². The quantitative estimate of drug-likeness (QED) is 0.166. The zero-order valence-corrected chi connectivity index (χ0v) is 45.0. The molecule has 0 aliphatic heterocycles. The van der Waals surface area contributed by atoms with Crippen molar-refractivity contribution in [2.45, 2.75) is 124 Å². The topological polar surface area (TPSA) is 19.6 Å². The van der Waals surface area contributed by atoms with Gasteiger partial charge in [-0.05, 0) is 197 Å². The van der Waals surface area contributed by atoms with Gasteiger partial charge in [-0.25, -0.2) is 0 Å². The fraction of sp³-hybridized carbons (Fsp3) is 0.275. The Morgan fingerprint density at radius 3 is 1.03 bits per heavy atom. The lowest BCUT2D eigenvalue weighted by Gasteiger charge is -2.28. The van der Waals surface area contributed by atoms with Crippen LogP contribution in [0.2, 0.25) is 0 Å².